The van der Waals surface area contributed by atoms with E-state index < -0.39 is 0 Å². The molecule has 6 nitrogen and oxygen atoms in total. The zero-order valence-corrected chi connectivity index (χ0v) is 11.9. The van der Waals surface area contributed by atoms with Gasteiger partial charge in [0.2, 0.25) is 0 Å². The lowest BCUT2D eigenvalue weighted by Gasteiger charge is -2.27. The summed E-state index contributed by atoms with van der Waals surface area (Å²) in [5.41, 5.74) is 3.21. The molecule has 1 aliphatic rings. The van der Waals surface area contributed by atoms with Crippen LogP contribution in [0.25, 0.3) is 0 Å². The van der Waals surface area contributed by atoms with Crippen LogP contribution in [0.15, 0.2) is 41.8 Å². The van der Waals surface area contributed by atoms with E-state index in [1.165, 1.54) is 18.6 Å². The van der Waals surface area contributed by atoms with Gasteiger partial charge in [0.1, 0.15) is 18.0 Å². The molecule has 0 bridgehead atoms. The summed E-state index contributed by atoms with van der Waals surface area (Å²) in [6.07, 6.45) is 2.90. The van der Waals surface area contributed by atoms with Gasteiger partial charge in [-0.1, -0.05) is 18.2 Å². The molecule has 1 aromatic heterocycles. The fraction of sp³-hybridized carbons (Fsp3) is 0.267. The maximum Gasteiger partial charge on any atom is 0.151 e. The Morgan fingerprint density at radius 2 is 2.05 bits per heavy atom. The number of hydrogen-bond donors (Lipinski definition) is 1. The van der Waals surface area contributed by atoms with Crippen LogP contribution in [-0.4, -0.2) is 42.5 Å². The molecular weight excluding hydrogens is 285 g/mol. The van der Waals surface area contributed by atoms with Gasteiger partial charge in [-0.15, -0.1) is 0 Å². The van der Waals surface area contributed by atoms with Crippen molar-refractivity contribution in [3.8, 4) is 0 Å². The van der Waals surface area contributed by atoms with E-state index >= 15 is 0 Å². The van der Waals surface area contributed by atoms with E-state index in [2.05, 4.69) is 25.4 Å². The maximum absolute atomic E-state index is 13.5. The third kappa shape index (κ3) is 3.56. The number of hydrogen-bond acceptors (Lipinski definition) is 6. The number of benzene rings is 1. The normalized spacial score (nSPS) is 15.2. The largest absolute Gasteiger partial charge is 0.378 e. The summed E-state index contributed by atoms with van der Waals surface area (Å²) < 4.78 is 18.8. The molecule has 1 aliphatic heterocycles. The molecule has 1 fully saturated rings. The maximum atomic E-state index is 13.5. The lowest BCUT2D eigenvalue weighted by molar-refractivity contribution is 0.122. The van der Waals surface area contributed by atoms with Crippen LogP contribution in [0.4, 0.5) is 16.0 Å². The average molecular weight is 301 g/mol. The average Bonchev–Trinajstić information content (AvgIpc) is 2.58. The first-order valence-electron chi connectivity index (χ1n) is 7.01. The van der Waals surface area contributed by atoms with Crippen LogP contribution in [-0.2, 0) is 4.74 Å². The van der Waals surface area contributed by atoms with E-state index in [1.54, 1.807) is 18.2 Å². The smallest absolute Gasteiger partial charge is 0.151 e. The van der Waals surface area contributed by atoms with Gasteiger partial charge in [0.15, 0.2) is 5.82 Å². The summed E-state index contributed by atoms with van der Waals surface area (Å²) in [5, 5.41) is 4.01. The molecule has 0 amide bonds. The van der Waals surface area contributed by atoms with Crippen LogP contribution in [0.3, 0.4) is 0 Å². The first-order chi connectivity index (χ1) is 10.8. The number of ether oxygens (including phenoxy) is 1. The molecule has 0 aliphatic carbocycles. The molecule has 0 radical (unpaired) electrons. The third-order valence-electron chi connectivity index (χ3n) is 3.28. The Morgan fingerprint density at radius 3 is 2.86 bits per heavy atom. The highest BCUT2D eigenvalue weighted by Gasteiger charge is 2.12. The van der Waals surface area contributed by atoms with Crippen molar-refractivity contribution < 1.29 is 9.13 Å². The van der Waals surface area contributed by atoms with Gasteiger partial charge in [0.05, 0.1) is 19.4 Å². The van der Waals surface area contributed by atoms with E-state index in [0.29, 0.717) is 24.6 Å². The van der Waals surface area contributed by atoms with Crippen LogP contribution >= 0.6 is 0 Å². The molecule has 2 heterocycles. The molecule has 3 rings (SSSR count). The van der Waals surface area contributed by atoms with Gasteiger partial charge in [-0.05, 0) is 6.07 Å². The zero-order valence-electron chi connectivity index (χ0n) is 11.9. The quantitative estimate of drug-likeness (QED) is 0.690. The van der Waals surface area contributed by atoms with Gasteiger partial charge >= 0.3 is 0 Å². The molecule has 7 heteroatoms. The van der Waals surface area contributed by atoms with Crippen molar-refractivity contribution in [3.63, 3.8) is 0 Å². The van der Waals surface area contributed by atoms with Crippen molar-refractivity contribution in [2.45, 2.75) is 0 Å². The number of morpholine rings is 1. The number of rotatable bonds is 4. The van der Waals surface area contributed by atoms with Crippen molar-refractivity contribution in [2.24, 2.45) is 5.10 Å². The van der Waals surface area contributed by atoms with E-state index in [0.717, 1.165) is 18.9 Å². The molecule has 1 aromatic carbocycles. The summed E-state index contributed by atoms with van der Waals surface area (Å²) in [7, 11) is 0. The Bertz CT molecular complexity index is 658. The number of hydrazone groups is 1. The van der Waals surface area contributed by atoms with Gasteiger partial charge < -0.3 is 9.64 Å². The highest BCUT2D eigenvalue weighted by Crippen LogP contribution is 2.15. The second-order valence-corrected chi connectivity index (χ2v) is 4.75. The molecule has 22 heavy (non-hydrogen) atoms. The fourth-order valence-electron chi connectivity index (χ4n) is 2.12. The summed E-state index contributed by atoms with van der Waals surface area (Å²) in [4.78, 5) is 10.5. The van der Waals surface area contributed by atoms with Crippen LogP contribution in [0.1, 0.15) is 5.56 Å². The number of nitrogens with one attached hydrogen (secondary N) is 1. The first-order valence-corrected chi connectivity index (χ1v) is 7.01. The second kappa shape index (κ2) is 6.95. The summed E-state index contributed by atoms with van der Waals surface area (Å²) in [6, 6.07) is 8.25. The Labute approximate surface area is 127 Å². The molecule has 0 unspecified atom stereocenters. The van der Waals surface area contributed by atoms with E-state index in [9.17, 15) is 4.39 Å². The molecule has 114 valence electrons. The third-order valence-corrected chi connectivity index (χ3v) is 3.28. The lowest BCUT2D eigenvalue weighted by Crippen LogP contribution is -2.36. The number of anilines is 2. The van der Waals surface area contributed by atoms with Crippen LogP contribution in [0.2, 0.25) is 0 Å². The molecule has 1 saturated heterocycles. The lowest BCUT2D eigenvalue weighted by atomic mass is 10.2. The van der Waals surface area contributed by atoms with Crippen molar-refractivity contribution in [1.82, 2.24) is 9.97 Å². The SMILES string of the molecule is Fc1ccccc1/C=N\Nc1cc(N2CCOCC2)ncn1. The minimum atomic E-state index is -0.315. The number of nitrogens with zero attached hydrogens (tertiary/aromatic N) is 4. The van der Waals surface area contributed by atoms with E-state index in [1.807, 2.05) is 6.07 Å². The molecule has 0 atom stereocenters. The summed E-state index contributed by atoms with van der Waals surface area (Å²) in [5.74, 6) is 1.07. The zero-order chi connectivity index (χ0) is 15.2. The van der Waals surface area contributed by atoms with Crippen LogP contribution < -0.4 is 10.3 Å². The molecule has 0 spiro atoms. The highest BCUT2D eigenvalue weighted by molar-refractivity contribution is 5.80. The monoisotopic (exact) mass is 301 g/mol. The van der Waals surface area contributed by atoms with Crippen molar-refractivity contribution in [2.75, 3.05) is 36.6 Å². The Kier molecular flexibility index (Phi) is 4.55. The Hall–Kier alpha value is -2.54. The predicted molar refractivity (Wildman–Crippen MR) is 82.7 cm³/mol. The molecule has 2 aromatic rings. The van der Waals surface area contributed by atoms with Gasteiger partial charge in [-0.3, -0.25) is 5.43 Å². The van der Waals surface area contributed by atoms with Crippen molar-refractivity contribution in [1.29, 1.82) is 0 Å². The number of halogens is 1. The first kappa shape index (κ1) is 14.4. The van der Waals surface area contributed by atoms with Crippen LogP contribution in [0.5, 0.6) is 0 Å². The minimum absolute atomic E-state index is 0.315. The Balaban J connectivity index is 1.66. The summed E-state index contributed by atoms with van der Waals surface area (Å²) >= 11 is 0. The van der Waals surface area contributed by atoms with Crippen molar-refractivity contribution >= 4 is 17.9 Å². The molecule has 1 N–H and O–H groups in total. The predicted octanol–water partition coefficient (Wildman–Crippen LogP) is 1.90. The molecule has 0 saturated carbocycles. The van der Waals surface area contributed by atoms with Crippen LogP contribution in [0, 0.1) is 5.82 Å². The van der Waals surface area contributed by atoms with Gasteiger partial charge in [0.25, 0.3) is 0 Å². The standard InChI is InChI=1S/C15H16FN5O/c16-13-4-2-1-3-12(13)10-19-20-14-9-15(18-11-17-14)21-5-7-22-8-6-21/h1-4,9-11H,5-8H2,(H,17,18,20)/b19-10-. The fourth-order valence-corrected chi connectivity index (χ4v) is 2.12. The summed E-state index contributed by atoms with van der Waals surface area (Å²) in [6.45, 7) is 2.99. The highest BCUT2D eigenvalue weighted by atomic mass is 19.1. The Morgan fingerprint density at radius 1 is 1.23 bits per heavy atom. The van der Waals surface area contributed by atoms with Gasteiger partial charge in [-0.25, -0.2) is 14.4 Å². The van der Waals surface area contributed by atoms with E-state index in [4.69, 9.17) is 4.74 Å². The van der Waals surface area contributed by atoms with E-state index in [-0.39, 0.29) is 5.82 Å². The number of aromatic nitrogens is 2. The molecular formula is C15H16FN5O. The van der Waals surface area contributed by atoms with Gasteiger partial charge in [-0.2, -0.15) is 5.10 Å². The van der Waals surface area contributed by atoms with Crippen molar-refractivity contribution in [3.05, 3.63) is 48.0 Å². The minimum Gasteiger partial charge on any atom is -0.378 e. The van der Waals surface area contributed by atoms with Gasteiger partial charge in [0, 0.05) is 24.7 Å². The topological polar surface area (TPSA) is 62.6 Å². The second-order valence-electron chi connectivity index (χ2n) is 4.75.